The van der Waals surface area contributed by atoms with Gasteiger partial charge in [-0.25, -0.2) is 9.97 Å². The fourth-order valence-electron chi connectivity index (χ4n) is 2.03. The fourth-order valence-corrected chi connectivity index (χ4v) is 3.19. The number of pyridine rings is 1. The normalized spacial score (nSPS) is 10.9. The van der Waals surface area contributed by atoms with Crippen molar-refractivity contribution in [1.82, 2.24) is 15.3 Å². The van der Waals surface area contributed by atoms with Gasteiger partial charge in [-0.3, -0.25) is 0 Å². The maximum Gasteiger partial charge on any atom is 0.147 e. The average molecular weight is 325 g/mol. The van der Waals surface area contributed by atoms with Crippen molar-refractivity contribution >= 4 is 28.8 Å². The van der Waals surface area contributed by atoms with Crippen molar-refractivity contribution in [3.05, 3.63) is 38.9 Å². The minimum atomic E-state index is 0.690. The molecule has 6 heteroatoms. The van der Waals surface area contributed by atoms with E-state index in [1.807, 2.05) is 31.7 Å². The molecule has 2 aromatic rings. The van der Waals surface area contributed by atoms with Gasteiger partial charge in [0.05, 0.1) is 22.8 Å². The molecule has 4 nitrogen and oxygen atoms in total. The molecule has 0 fully saturated rings. The minimum absolute atomic E-state index is 0.690. The molecule has 0 aliphatic carbocycles. The Morgan fingerprint density at radius 1 is 1.38 bits per heavy atom. The molecule has 0 atom stereocenters. The highest BCUT2D eigenvalue weighted by atomic mass is 35.5. The highest BCUT2D eigenvalue weighted by Crippen LogP contribution is 2.25. The lowest BCUT2D eigenvalue weighted by Crippen LogP contribution is -2.19. The second-order valence-electron chi connectivity index (χ2n) is 5.04. The second-order valence-corrected chi connectivity index (χ2v) is 6.39. The molecule has 114 valence electrons. The fraction of sp³-hybridized carbons (Fsp3) is 0.467. The van der Waals surface area contributed by atoms with Crippen molar-refractivity contribution in [3.63, 3.8) is 0 Å². The molecule has 0 aliphatic heterocycles. The maximum absolute atomic E-state index is 6.37. The quantitative estimate of drug-likeness (QED) is 0.789. The number of nitrogens with one attached hydrogen (secondary N) is 1. The van der Waals surface area contributed by atoms with Crippen molar-refractivity contribution in [2.75, 3.05) is 18.5 Å². The predicted octanol–water partition coefficient (Wildman–Crippen LogP) is 3.64. The van der Waals surface area contributed by atoms with E-state index < -0.39 is 0 Å². The molecule has 0 bridgehead atoms. The summed E-state index contributed by atoms with van der Waals surface area (Å²) in [5, 5.41) is 4.04. The van der Waals surface area contributed by atoms with Crippen LogP contribution < -0.4 is 10.2 Å². The SMILES string of the molecule is CCCNCc1cnc(N(C)Cc2scnc2C)c(Cl)c1. The summed E-state index contributed by atoms with van der Waals surface area (Å²) in [7, 11) is 2.00. The monoisotopic (exact) mass is 324 g/mol. The van der Waals surface area contributed by atoms with E-state index in [0.717, 1.165) is 43.1 Å². The number of halogens is 1. The molecular formula is C15H21ClN4S. The van der Waals surface area contributed by atoms with E-state index in [0.29, 0.717) is 5.02 Å². The number of anilines is 1. The highest BCUT2D eigenvalue weighted by molar-refractivity contribution is 7.09. The summed E-state index contributed by atoms with van der Waals surface area (Å²) in [5.74, 6) is 0.809. The van der Waals surface area contributed by atoms with Crippen LogP contribution in [0.1, 0.15) is 29.5 Å². The largest absolute Gasteiger partial charge is 0.353 e. The van der Waals surface area contributed by atoms with E-state index >= 15 is 0 Å². The summed E-state index contributed by atoms with van der Waals surface area (Å²) in [4.78, 5) is 12.1. The number of nitrogens with zero attached hydrogens (tertiary/aromatic N) is 3. The Hall–Kier alpha value is -1.17. The van der Waals surface area contributed by atoms with Gasteiger partial charge in [-0.1, -0.05) is 18.5 Å². The molecule has 0 spiro atoms. The van der Waals surface area contributed by atoms with Gasteiger partial charge < -0.3 is 10.2 Å². The molecule has 1 N–H and O–H groups in total. The lowest BCUT2D eigenvalue weighted by atomic mass is 10.2. The van der Waals surface area contributed by atoms with Crippen LogP contribution in [0.25, 0.3) is 0 Å². The smallest absolute Gasteiger partial charge is 0.147 e. The van der Waals surface area contributed by atoms with Crippen LogP contribution in [0.5, 0.6) is 0 Å². The molecule has 0 saturated carbocycles. The van der Waals surface area contributed by atoms with Crippen molar-refractivity contribution in [1.29, 1.82) is 0 Å². The summed E-state index contributed by atoms with van der Waals surface area (Å²) < 4.78 is 0. The van der Waals surface area contributed by atoms with Gasteiger partial charge in [0.25, 0.3) is 0 Å². The molecule has 2 rings (SSSR count). The summed E-state index contributed by atoms with van der Waals surface area (Å²) in [5.41, 5.74) is 4.05. The van der Waals surface area contributed by atoms with Crippen LogP contribution in [-0.2, 0) is 13.1 Å². The first-order valence-electron chi connectivity index (χ1n) is 7.07. The Morgan fingerprint density at radius 2 is 2.19 bits per heavy atom. The third kappa shape index (κ3) is 4.40. The zero-order valence-electron chi connectivity index (χ0n) is 12.7. The zero-order chi connectivity index (χ0) is 15.2. The standard InChI is InChI=1S/C15H21ClN4S/c1-4-5-17-7-12-6-13(16)15(18-8-12)20(3)9-14-11(2)19-10-21-14/h6,8,10,17H,4-5,7,9H2,1-3H3. The van der Waals surface area contributed by atoms with E-state index in [1.165, 1.54) is 4.88 Å². The summed E-state index contributed by atoms with van der Waals surface area (Å²) in [6, 6.07) is 1.99. The number of thiazole rings is 1. The van der Waals surface area contributed by atoms with Crippen LogP contribution in [-0.4, -0.2) is 23.6 Å². The number of aryl methyl sites for hydroxylation is 1. The van der Waals surface area contributed by atoms with Crippen molar-refractivity contribution in [2.24, 2.45) is 0 Å². The molecule has 0 aromatic carbocycles. The number of rotatable bonds is 7. The van der Waals surface area contributed by atoms with Gasteiger partial charge in [-0.15, -0.1) is 11.3 Å². The molecule has 0 unspecified atom stereocenters. The van der Waals surface area contributed by atoms with Gasteiger partial charge in [0, 0.05) is 24.7 Å². The van der Waals surface area contributed by atoms with Crippen molar-refractivity contribution in [2.45, 2.75) is 33.4 Å². The molecule has 0 radical (unpaired) electrons. The third-order valence-electron chi connectivity index (χ3n) is 3.22. The maximum atomic E-state index is 6.37. The van der Waals surface area contributed by atoms with Crippen LogP contribution >= 0.6 is 22.9 Å². The Bertz CT molecular complexity index is 585. The topological polar surface area (TPSA) is 41.1 Å². The highest BCUT2D eigenvalue weighted by Gasteiger charge is 2.11. The van der Waals surface area contributed by atoms with Crippen LogP contribution in [0.4, 0.5) is 5.82 Å². The first-order valence-corrected chi connectivity index (χ1v) is 8.32. The summed E-state index contributed by atoms with van der Waals surface area (Å²) in [6.45, 7) is 6.76. The molecule has 2 heterocycles. The lowest BCUT2D eigenvalue weighted by Gasteiger charge is -2.19. The van der Waals surface area contributed by atoms with Crippen molar-refractivity contribution in [3.8, 4) is 0 Å². The van der Waals surface area contributed by atoms with E-state index in [2.05, 4.69) is 27.1 Å². The van der Waals surface area contributed by atoms with E-state index in [1.54, 1.807) is 11.3 Å². The second kappa shape index (κ2) is 7.73. The van der Waals surface area contributed by atoms with Crippen LogP contribution in [0.15, 0.2) is 17.8 Å². The van der Waals surface area contributed by atoms with Crippen molar-refractivity contribution < 1.29 is 0 Å². The van der Waals surface area contributed by atoms with E-state index in [-0.39, 0.29) is 0 Å². The summed E-state index contributed by atoms with van der Waals surface area (Å²) >= 11 is 8.03. The first kappa shape index (κ1) is 16.2. The van der Waals surface area contributed by atoms with E-state index in [4.69, 9.17) is 11.6 Å². The van der Waals surface area contributed by atoms with Gasteiger partial charge >= 0.3 is 0 Å². The molecule has 0 saturated heterocycles. The number of hydrogen-bond donors (Lipinski definition) is 1. The van der Waals surface area contributed by atoms with Gasteiger partial charge in [-0.2, -0.15) is 0 Å². The van der Waals surface area contributed by atoms with Gasteiger partial charge in [0.15, 0.2) is 0 Å². The minimum Gasteiger partial charge on any atom is -0.353 e. The van der Waals surface area contributed by atoms with Gasteiger partial charge in [0.1, 0.15) is 5.82 Å². The molecule has 2 aromatic heterocycles. The van der Waals surface area contributed by atoms with E-state index in [9.17, 15) is 0 Å². The third-order valence-corrected chi connectivity index (χ3v) is 4.42. The average Bonchev–Trinajstić information content (AvgIpc) is 2.84. The predicted molar refractivity (Wildman–Crippen MR) is 90.2 cm³/mol. The summed E-state index contributed by atoms with van der Waals surface area (Å²) in [6.07, 6.45) is 3.01. The van der Waals surface area contributed by atoms with Crippen LogP contribution in [0.3, 0.4) is 0 Å². The Morgan fingerprint density at radius 3 is 2.81 bits per heavy atom. The van der Waals surface area contributed by atoms with Gasteiger partial charge in [-0.05, 0) is 31.5 Å². The lowest BCUT2D eigenvalue weighted by molar-refractivity contribution is 0.674. The Kier molecular flexibility index (Phi) is 5.96. The number of hydrogen-bond acceptors (Lipinski definition) is 5. The van der Waals surface area contributed by atoms with Gasteiger partial charge in [0.2, 0.25) is 0 Å². The van der Waals surface area contributed by atoms with Crippen LogP contribution in [0, 0.1) is 6.92 Å². The molecular weight excluding hydrogens is 304 g/mol. The Balaban J connectivity index is 2.04. The number of aromatic nitrogens is 2. The zero-order valence-corrected chi connectivity index (χ0v) is 14.3. The molecule has 0 amide bonds. The van der Waals surface area contributed by atoms with Crippen LogP contribution in [0.2, 0.25) is 5.02 Å². The molecule has 21 heavy (non-hydrogen) atoms. The molecule has 0 aliphatic rings. The Labute approximate surface area is 135 Å². The first-order chi connectivity index (χ1) is 10.1.